The molecule has 1 heterocycles. The lowest BCUT2D eigenvalue weighted by atomic mass is 9.98. The molecular weight excluding hydrogens is 495 g/mol. The van der Waals surface area contributed by atoms with Gasteiger partial charge < -0.3 is 25.6 Å². The third-order valence-electron chi connectivity index (χ3n) is 6.79. The van der Waals surface area contributed by atoms with Crippen LogP contribution in [0.2, 0.25) is 0 Å². The summed E-state index contributed by atoms with van der Waals surface area (Å²) in [5, 5.41) is 8.24. The van der Waals surface area contributed by atoms with E-state index < -0.39 is 11.8 Å². The molecule has 0 aliphatic carbocycles. The van der Waals surface area contributed by atoms with Crippen molar-refractivity contribution in [2.75, 3.05) is 30.8 Å². The lowest BCUT2D eigenvalue weighted by Gasteiger charge is -2.22. The largest absolute Gasteiger partial charge is 0.457 e. The van der Waals surface area contributed by atoms with E-state index in [0.717, 1.165) is 37.9 Å². The Hall–Kier alpha value is -4.17. The molecule has 0 unspecified atom stereocenters. The molecule has 0 atom stereocenters. The number of amides is 3. The molecule has 0 radical (unpaired) electrons. The molecule has 0 spiro atoms. The molecule has 0 saturated heterocycles. The highest BCUT2D eigenvalue weighted by atomic mass is 19.1. The van der Waals surface area contributed by atoms with Gasteiger partial charge in [-0.2, -0.15) is 0 Å². The van der Waals surface area contributed by atoms with Crippen LogP contribution in [0, 0.1) is 5.82 Å². The topological polar surface area (TPSA) is 82.7 Å². The number of hydrogen-bond donors (Lipinski definition) is 3. The van der Waals surface area contributed by atoms with E-state index in [1.165, 1.54) is 17.7 Å². The fourth-order valence-electron chi connectivity index (χ4n) is 4.31. The first kappa shape index (κ1) is 27.9. The lowest BCUT2D eigenvalue weighted by Crippen LogP contribution is -2.37. The van der Waals surface area contributed by atoms with Crippen molar-refractivity contribution in [1.82, 2.24) is 10.2 Å². The summed E-state index contributed by atoms with van der Waals surface area (Å²) in [6.45, 7) is 5.93. The molecule has 1 aliphatic heterocycles. The molecule has 0 fully saturated rings. The maximum absolute atomic E-state index is 14.6. The van der Waals surface area contributed by atoms with Crippen molar-refractivity contribution in [2.45, 2.75) is 39.2 Å². The van der Waals surface area contributed by atoms with E-state index >= 15 is 0 Å². The Balaban J connectivity index is 1.31. The van der Waals surface area contributed by atoms with E-state index in [1.807, 2.05) is 38.1 Å². The van der Waals surface area contributed by atoms with Crippen LogP contribution in [0.15, 0.2) is 72.8 Å². The summed E-state index contributed by atoms with van der Waals surface area (Å²) < 4.78 is 20.3. The molecule has 3 aromatic carbocycles. The van der Waals surface area contributed by atoms with Gasteiger partial charge in [0.15, 0.2) is 0 Å². The van der Waals surface area contributed by atoms with Crippen LogP contribution in [-0.2, 0) is 0 Å². The number of urea groups is 1. The standard InChI is InChI=1S/C31H35FN4O3/c1-4-24(5-2)34-31(38)35-29-15-14-27(20-28(29)32)39-26-12-10-25(11-13-26)33-30(37)23-8-6-21(7-9-23)22-16-18-36(3)19-17-22/h6-16,20,24H,4-5,17-19H2,1-3H3,(H,33,37)(H2,34,35,38). The van der Waals surface area contributed by atoms with Crippen LogP contribution in [-0.4, -0.2) is 43.0 Å². The quantitative estimate of drug-likeness (QED) is 0.281. The van der Waals surface area contributed by atoms with Gasteiger partial charge in [-0.15, -0.1) is 0 Å². The van der Waals surface area contributed by atoms with Crippen LogP contribution in [0.1, 0.15) is 49.0 Å². The van der Waals surface area contributed by atoms with Crippen LogP contribution in [0.5, 0.6) is 11.5 Å². The molecule has 1 aliphatic rings. The van der Waals surface area contributed by atoms with Gasteiger partial charge in [-0.3, -0.25) is 4.79 Å². The van der Waals surface area contributed by atoms with Crippen molar-refractivity contribution in [3.05, 3.63) is 89.8 Å². The Morgan fingerprint density at radius 2 is 1.64 bits per heavy atom. The Morgan fingerprint density at radius 3 is 2.26 bits per heavy atom. The van der Waals surface area contributed by atoms with Crippen molar-refractivity contribution in [3.8, 4) is 11.5 Å². The number of carbonyl (C=O) groups is 2. The van der Waals surface area contributed by atoms with E-state index in [1.54, 1.807) is 30.3 Å². The van der Waals surface area contributed by atoms with Gasteiger partial charge in [0.1, 0.15) is 17.3 Å². The zero-order valence-electron chi connectivity index (χ0n) is 22.6. The third kappa shape index (κ3) is 7.67. The number of halogens is 1. The fraction of sp³-hybridized carbons (Fsp3) is 0.290. The Kier molecular flexibility index (Phi) is 9.33. The first-order valence-electron chi connectivity index (χ1n) is 13.3. The van der Waals surface area contributed by atoms with Crippen LogP contribution >= 0.6 is 0 Å². The first-order chi connectivity index (χ1) is 18.8. The highest BCUT2D eigenvalue weighted by Crippen LogP contribution is 2.27. The van der Waals surface area contributed by atoms with Gasteiger partial charge in [0.2, 0.25) is 0 Å². The average molecular weight is 531 g/mol. The van der Waals surface area contributed by atoms with Gasteiger partial charge >= 0.3 is 6.03 Å². The normalized spacial score (nSPS) is 13.5. The number of ether oxygens (including phenoxy) is 1. The van der Waals surface area contributed by atoms with E-state index in [-0.39, 0.29) is 23.4 Å². The highest BCUT2D eigenvalue weighted by molar-refractivity contribution is 6.04. The summed E-state index contributed by atoms with van der Waals surface area (Å²) in [7, 11) is 2.10. The van der Waals surface area contributed by atoms with Crippen molar-refractivity contribution < 1.29 is 18.7 Å². The molecule has 8 heteroatoms. The molecule has 0 bridgehead atoms. The summed E-state index contributed by atoms with van der Waals surface area (Å²) in [6, 6.07) is 18.3. The molecule has 0 saturated carbocycles. The number of anilines is 2. The molecule has 0 aromatic heterocycles. The molecule has 7 nitrogen and oxygen atoms in total. The number of likely N-dealkylation sites (N-methyl/N-ethyl adjacent to an activating group) is 1. The van der Waals surface area contributed by atoms with Gasteiger partial charge in [-0.05, 0) is 86.0 Å². The van der Waals surface area contributed by atoms with Crippen LogP contribution in [0.3, 0.4) is 0 Å². The number of nitrogens with one attached hydrogen (secondary N) is 3. The van der Waals surface area contributed by atoms with Crippen molar-refractivity contribution in [3.63, 3.8) is 0 Å². The summed E-state index contributed by atoms with van der Waals surface area (Å²) in [6.07, 6.45) is 4.83. The van der Waals surface area contributed by atoms with Crippen molar-refractivity contribution >= 4 is 28.9 Å². The minimum Gasteiger partial charge on any atom is -0.457 e. The van der Waals surface area contributed by atoms with Gasteiger partial charge in [-0.1, -0.05) is 32.1 Å². The molecule has 3 aromatic rings. The van der Waals surface area contributed by atoms with Gasteiger partial charge in [0.05, 0.1) is 5.69 Å². The van der Waals surface area contributed by atoms with Crippen LogP contribution in [0.25, 0.3) is 5.57 Å². The summed E-state index contributed by atoms with van der Waals surface area (Å²) in [5.41, 5.74) is 3.71. The second kappa shape index (κ2) is 13.1. The van der Waals surface area contributed by atoms with Gasteiger partial charge in [0.25, 0.3) is 5.91 Å². The second-order valence-electron chi connectivity index (χ2n) is 9.65. The SMILES string of the molecule is CCC(CC)NC(=O)Nc1ccc(Oc2ccc(NC(=O)c3ccc(C4=CCN(C)CC4)cc3)cc2)cc1F. The highest BCUT2D eigenvalue weighted by Gasteiger charge is 2.13. The van der Waals surface area contributed by atoms with Gasteiger partial charge in [0, 0.05) is 36.4 Å². The molecule has 204 valence electrons. The zero-order valence-corrected chi connectivity index (χ0v) is 22.6. The van der Waals surface area contributed by atoms with Crippen LogP contribution < -0.4 is 20.7 Å². The average Bonchev–Trinajstić information content (AvgIpc) is 2.95. The second-order valence-corrected chi connectivity index (χ2v) is 9.65. The van der Waals surface area contributed by atoms with E-state index in [0.29, 0.717) is 17.0 Å². The zero-order chi connectivity index (χ0) is 27.8. The number of rotatable bonds is 9. The minimum atomic E-state index is -0.603. The summed E-state index contributed by atoms with van der Waals surface area (Å²) in [4.78, 5) is 27.1. The summed E-state index contributed by atoms with van der Waals surface area (Å²) >= 11 is 0. The smallest absolute Gasteiger partial charge is 0.319 e. The number of carbonyl (C=O) groups excluding carboxylic acids is 2. The molecule has 39 heavy (non-hydrogen) atoms. The summed E-state index contributed by atoms with van der Waals surface area (Å²) in [5.74, 6) is -0.0365. The van der Waals surface area contributed by atoms with Crippen LogP contribution in [0.4, 0.5) is 20.6 Å². The first-order valence-corrected chi connectivity index (χ1v) is 13.3. The number of hydrogen-bond acceptors (Lipinski definition) is 4. The van der Waals surface area contributed by atoms with E-state index in [9.17, 15) is 14.0 Å². The van der Waals surface area contributed by atoms with E-state index in [4.69, 9.17) is 4.74 Å². The van der Waals surface area contributed by atoms with Crippen molar-refractivity contribution in [1.29, 1.82) is 0 Å². The maximum Gasteiger partial charge on any atom is 0.319 e. The minimum absolute atomic E-state index is 0.0378. The Labute approximate surface area is 229 Å². The van der Waals surface area contributed by atoms with Crippen molar-refractivity contribution in [2.24, 2.45) is 0 Å². The molecule has 3 N–H and O–H groups in total. The Morgan fingerprint density at radius 1 is 0.949 bits per heavy atom. The lowest BCUT2D eigenvalue weighted by molar-refractivity contribution is 0.102. The number of benzene rings is 3. The number of nitrogens with zero attached hydrogens (tertiary/aromatic N) is 1. The Bertz CT molecular complexity index is 1320. The third-order valence-corrected chi connectivity index (χ3v) is 6.79. The molecule has 4 rings (SSSR count). The monoisotopic (exact) mass is 530 g/mol. The molecule has 3 amide bonds. The maximum atomic E-state index is 14.6. The predicted octanol–water partition coefficient (Wildman–Crippen LogP) is 6.90. The van der Waals surface area contributed by atoms with E-state index in [2.05, 4.69) is 34.0 Å². The fourth-order valence-corrected chi connectivity index (χ4v) is 4.31. The van der Waals surface area contributed by atoms with Gasteiger partial charge in [-0.25, -0.2) is 9.18 Å². The predicted molar refractivity (Wildman–Crippen MR) is 154 cm³/mol. The molecular formula is C31H35FN4O3.